The van der Waals surface area contributed by atoms with Crippen molar-refractivity contribution in [2.24, 2.45) is 22.2 Å². The molecule has 3 fully saturated rings. The Balaban J connectivity index is 1.30. The van der Waals surface area contributed by atoms with Crippen molar-refractivity contribution in [3.8, 4) is 0 Å². The van der Waals surface area contributed by atoms with E-state index in [-0.39, 0.29) is 64.1 Å². The van der Waals surface area contributed by atoms with Gasteiger partial charge in [0.25, 0.3) is 15.9 Å². The van der Waals surface area contributed by atoms with Crippen LogP contribution in [0.25, 0.3) is 0 Å². The number of hydrogen-bond donors (Lipinski definition) is 2. The van der Waals surface area contributed by atoms with Gasteiger partial charge in [-0.1, -0.05) is 12.1 Å². The molecule has 1 amide bonds. The fourth-order valence-corrected chi connectivity index (χ4v) is 10.4. The van der Waals surface area contributed by atoms with Crippen LogP contribution in [0, 0.1) is 23.6 Å². The van der Waals surface area contributed by atoms with Crippen LogP contribution in [0.2, 0.25) is 0 Å². The average molecular weight is 601 g/mol. The van der Waals surface area contributed by atoms with Crippen LogP contribution < -0.4 is 9.62 Å². The zero-order valence-corrected chi connectivity index (χ0v) is 23.9. The Morgan fingerprint density at radius 3 is 2.59 bits per heavy atom. The maximum atomic E-state index is 14.2. The Bertz CT molecular complexity index is 1770. The fraction of sp³-hybridized carbons (Fsp3) is 0.429. The first-order valence-electron chi connectivity index (χ1n) is 13.7. The summed E-state index contributed by atoms with van der Waals surface area (Å²) in [4.78, 5) is 15.7. The molecule has 216 valence electrons. The van der Waals surface area contributed by atoms with Gasteiger partial charge in [-0.2, -0.15) is 8.42 Å². The van der Waals surface area contributed by atoms with E-state index in [2.05, 4.69) is 9.71 Å². The van der Waals surface area contributed by atoms with Crippen molar-refractivity contribution in [2.75, 3.05) is 21.9 Å². The molecular formula is C28H29FN4O6S2. The summed E-state index contributed by atoms with van der Waals surface area (Å²) in [6, 6.07) is 10.1. The van der Waals surface area contributed by atoms with Crippen LogP contribution in [0.5, 0.6) is 0 Å². The van der Waals surface area contributed by atoms with Crippen LogP contribution in [0.1, 0.15) is 38.2 Å². The van der Waals surface area contributed by atoms with Gasteiger partial charge in [-0.15, -0.1) is 4.40 Å². The maximum Gasteiger partial charge on any atom is 0.286 e. The predicted octanol–water partition coefficient (Wildman–Crippen LogP) is 3.54. The third-order valence-electron chi connectivity index (χ3n) is 9.58. The van der Waals surface area contributed by atoms with Crippen LogP contribution in [0.3, 0.4) is 0 Å². The number of rotatable bonds is 4. The first-order valence-corrected chi connectivity index (χ1v) is 16.7. The number of nitrogens with one attached hydrogen (secondary N) is 1. The van der Waals surface area contributed by atoms with Crippen molar-refractivity contribution < 1.29 is 31.1 Å². The Morgan fingerprint density at radius 2 is 1.88 bits per heavy atom. The number of benzene rings is 2. The van der Waals surface area contributed by atoms with Crippen molar-refractivity contribution in [3.05, 3.63) is 65.2 Å². The first-order chi connectivity index (χ1) is 19.4. The molecule has 5 aliphatic rings. The van der Waals surface area contributed by atoms with Gasteiger partial charge in [0.05, 0.1) is 22.7 Å². The third kappa shape index (κ3) is 3.84. The highest BCUT2D eigenvalue weighted by Gasteiger charge is 2.64. The highest BCUT2D eigenvalue weighted by molar-refractivity contribution is 7.93. The molecule has 3 heterocycles. The largest absolute Gasteiger partial charge is 0.511 e. The number of sulfonamides is 2. The zero-order chi connectivity index (χ0) is 28.9. The van der Waals surface area contributed by atoms with E-state index in [1.165, 1.54) is 34.6 Å². The van der Waals surface area contributed by atoms with Crippen molar-refractivity contribution in [1.29, 1.82) is 0 Å². The van der Waals surface area contributed by atoms with Crippen molar-refractivity contribution in [2.45, 2.75) is 49.6 Å². The van der Waals surface area contributed by atoms with Gasteiger partial charge in [0, 0.05) is 19.0 Å². The topological polar surface area (TPSA) is 136 Å². The number of nitrogens with zero attached hydrogens (tertiary/aromatic N) is 3. The number of carbonyl (C=O) groups is 1. The number of halogens is 1. The van der Waals surface area contributed by atoms with Gasteiger partial charge in [-0.25, -0.2) is 12.8 Å². The van der Waals surface area contributed by atoms with Crippen LogP contribution >= 0.6 is 0 Å². The Labute approximate surface area is 237 Å². The molecule has 2 aromatic rings. The van der Waals surface area contributed by atoms with Gasteiger partial charge in [0.15, 0.2) is 5.84 Å². The standard InChI is InChI=1S/C28H29FN4O6S2/c1-28-18-6-5-17(13-18)24(28)25(34)23(27(35)32(28)15-16-3-7-19(29)8-4-16)26-30-21-10-9-20(14-22(21)41(38,39)31-26)33-11-2-12-40(33,36)37/h3-4,7-10,14,17-18,24,34H,2,5-6,11-13,15H2,1H3,(H,30,31)/t17-,18+,24-,28-/m0/s1. The van der Waals surface area contributed by atoms with Crippen LogP contribution in [-0.2, 0) is 31.4 Å². The van der Waals surface area contributed by atoms with E-state index < -0.39 is 43.2 Å². The first kappa shape index (κ1) is 26.4. The Kier molecular flexibility index (Phi) is 5.66. The minimum absolute atomic E-state index is 0.0106. The molecule has 2 saturated carbocycles. The molecule has 1 saturated heterocycles. The van der Waals surface area contributed by atoms with Gasteiger partial charge < -0.3 is 15.3 Å². The normalized spacial score (nSPS) is 31.1. The molecule has 2 aromatic carbocycles. The summed E-state index contributed by atoms with van der Waals surface area (Å²) in [5.74, 6) is -1.49. The molecule has 4 atom stereocenters. The number of fused-ring (bicyclic) bond motifs is 6. The zero-order valence-electron chi connectivity index (χ0n) is 22.2. The lowest BCUT2D eigenvalue weighted by molar-refractivity contribution is -0.141. The minimum Gasteiger partial charge on any atom is -0.511 e. The average Bonchev–Trinajstić information content (AvgIpc) is 3.61. The minimum atomic E-state index is -4.36. The molecule has 13 heteroatoms. The number of amidine groups is 1. The summed E-state index contributed by atoms with van der Waals surface area (Å²) in [5.41, 5.74) is 0.190. The Morgan fingerprint density at radius 1 is 1.12 bits per heavy atom. The number of aliphatic hydroxyl groups is 1. The maximum absolute atomic E-state index is 14.2. The molecule has 2 N–H and O–H groups in total. The number of hydrogen-bond acceptors (Lipinski definition) is 7. The van der Waals surface area contributed by atoms with E-state index in [9.17, 15) is 31.1 Å². The van der Waals surface area contributed by atoms with E-state index in [1.54, 1.807) is 17.0 Å². The van der Waals surface area contributed by atoms with Gasteiger partial charge in [-0.3, -0.25) is 9.10 Å². The Hall–Kier alpha value is -3.45. The summed E-state index contributed by atoms with van der Waals surface area (Å²) < 4.78 is 70.4. The van der Waals surface area contributed by atoms with Gasteiger partial charge in [0.1, 0.15) is 22.0 Å². The highest BCUT2D eigenvalue weighted by Crippen LogP contribution is 2.61. The molecule has 7 rings (SSSR count). The van der Waals surface area contributed by atoms with Crippen LogP contribution in [0.4, 0.5) is 15.8 Å². The second-order valence-corrected chi connectivity index (χ2v) is 15.3. The monoisotopic (exact) mass is 600 g/mol. The molecule has 2 bridgehead atoms. The number of anilines is 2. The second-order valence-electron chi connectivity index (χ2n) is 11.7. The predicted molar refractivity (Wildman–Crippen MR) is 150 cm³/mol. The molecule has 0 aromatic heterocycles. The molecule has 3 aliphatic heterocycles. The lowest BCUT2D eigenvalue weighted by Crippen LogP contribution is -2.61. The summed E-state index contributed by atoms with van der Waals surface area (Å²) >= 11 is 0. The SMILES string of the molecule is C[C@]12[C@@H]3CC[C@@H](C3)[C@H]1C(O)=C(C1=NS(=O)(=O)c3cc(N4CCCS4(=O)=O)ccc3N1)C(=O)N2Cc1ccc(F)cc1. The summed E-state index contributed by atoms with van der Waals surface area (Å²) in [7, 11) is -7.89. The van der Waals surface area contributed by atoms with Gasteiger partial charge in [0.2, 0.25) is 10.0 Å². The smallest absolute Gasteiger partial charge is 0.286 e. The molecular weight excluding hydrogens is 571 g/mol. The highest BCUT2D eigenvalue weighted by atomic mass is 32.2. The molecule has 0 spiro atoms. The lowest BCUT2D eigenvalue weighted by atomic mass is 9.68. The molecule has 2 aliphatic carbocycles. The summed E-state index contributed by atoms with van der Waals surface area (Å²) in [5, 5.41) is 14.6. The summed E-state index contributed by atoms with van der Waals surface area (Å²) in [6.07, 6.45) is 3.10. The summed E-state index contributed by atoms with van der Waals surface area (Å²) in [6.45, 7) is 2.40. The van der Waals surface area contributed by atoms with E-state index >= 15 is 0 Å². The van der Waals surface area contributed by atoms with E-state index in [4.69, 9.17) is 0 Å². The molecule has 10 nitrogen and oxygen atoms in total. The van der Waals surface area contributed by atoms with E-state index in [0.29, 0.717) is 12.0 Å². The molecule has 0 radical (unpaired) electrons. The van der Waals surface area contributed by atoms with Crippen molar-refractivity contribution in [3.63, 3.8) is 0 Å². The van der Waals surface area contributed by atoms with E-state index in [1.807, 2.05) is 6.92 Å². The number of carbonyl (C=O) groups excluding carboxylic acids is 1. The second kappa shape index (κ2) is 8.78. The lowest BCUT2D eigenvalue weighted by Gasteiger charge is -2.52. The van der Waals surface area contributed by atoms with Gasteiger partial charge >= 0.3 is 0 Å². The van der Waals surface area contributed by atoms with Gasteiger partial charge in [-0.05, 0) is 80.3 Å². The van der Waals surface area contributed by atoms with Crippen LogP contribution in [-0.4, -0.2) is 56.4 Å². The quantitative estimate of drug-likeness (QED) is 0.548. The van der Waals surface area contributed by atoms with E-state index in [0.717, 1.165) is 19.3 Å². The molecule has 41 heavy (non-hydrogen) atoms. The molecule has 0 unspecified atom stereocenters. The van der Waals surface area contributed by atoms with Crippen LogP contribution in [0.15, 0.2) is 63.1 Å². The number of aliphatic hydroxyl groups excluding tert-OH is 1. The number of amides is 1. The third-order valence-corrected chi connectivity index (χ3v) is 12.8. The van der Waals surface area contributed by atoms with Crippen molar-refractivity contribution in [1.82, 2.24) is 4.90 Å². The van der Waals surface area contributed by atoms with Crippen molar-refractivity contribution >= 4 is 43.2 Å². The fourth-order valence-electron chi connectivity index (χ4n) is 7.67.